The molecule has 2 rings (SSSR count). The van der Waals surface area contributed by atoms with Gasteiger partial charge in [0.05, 0.1) is 6.04 Å². The number of halogens is 2. The topological polar surface area (TPSA) is 47.6 Å². The Labute approximate surface area is 111 Å². The third-order valence-corrected chi connectivity index (χ3v) is 3.43. The number of ether oxygens (including phenoxy) is 1. The van der Waals surface area contributed by atoms with Gasteiger partial charge in [-0.2, -0.15) is 0 Å². The molecule has 0 saturated heterocycles. The zero-order valence-electron chi connectivity index (χ0n) is 10.9. The normalized spacial score (nSPS) is 19.9. The second-order valence-corrected chi connectivity index (χ2v) is 4.82. The van der Waals surface area contributed by atoms with Crippen molar-refractivity contribution in [2.24, 2.45) is 10.7 Å². The largest absolute Gasteiger partial charge is 0.463 e. The molecule has 1 aromatic carbocycles. The number of nitrogens with two attached hydrogens (primary N) is 1. The summed E-state index contributed by atoms with van der Waals surface area (Å²) in [5, 5.41) is 0. The molecule has 1 heterocycles. The van der Waals surface area contributed by atoms with E-state index in [1.165, 1.54) is 12.1 Å². The first-order chi connectivity index (χ1) is 9.08. The molecule has 2 N–H and O–H groups in total. The molecule has 3 nitrogen and oxygen atoms in total. The maximum atomic E-state index is 13.2. The molecule has 0 aliphatic carbocycles. The molecule has 1 aliphatic rings. The molecule has 0 saturated carbocycles. The first-order valence-electron chi connectivity index (χ1n) is 6.50. The summed E-state index contributed by atoms with van der Waals surface area (Å²) in [6, 6.07) is 3.99. The molecular formula is C14H18F2N2O. The van der Waals surface area contributed by atoms with Crippen molar-refractivity contribution < 1.29 is 13.5 Å². The second kappa shape index (κ2) is 5.99. The van der Waals surface area contributed by atoms with Gasteiger partial charge in [-0.25, -0.2) is 13.8 Å². The van der Waals surface area contributed by atoms with E-state index >= 15 is 0 Å². The van der Waals surface area contributed by atoms with Crippen LogP contribution >= 0.6 is 0 Å². The Hall–Kier alpha value is -1.65. The summed E-state index contributed by atoms with van der Waals surface area (Å²) in [4.78, 5) is 4.15. The van der Waals surface area contributed by atoms with Crippen molar-refractivity contribution in [2.45, 2.75) is 38.1 Å². The van der Waals surface area contributed by atoms with Crippen molar-refractivity contribution in [3.63, 3.8) is 0 Å². The standard InChI is InChI=1S/C14H18F2N2O/c1-2-9(3-4-13-8-19-14(17)18-13)10-5-11(15)7-12(16)6-10/h5-7,9,13H,2-4,8H2,1H3,(H2,17,18)/t9?,13-/m0/s1. The second-order valence-electron chi connectivity index (χ2n) is 4.82. The summed E-state index contributed by atoms with van der Waals surface area (Å²) in [6.07, 6.45) is 2.44. The molecule has 1 unspecified atom stereocenters. The van der Waals surface area contributed by atoms with Crippen molar-refractivity contribution in [3.05, 3.63) is 35.4 Å². The first-order valence-corrected chi connectivity index (χ1v) is 6.50. The third kappa shape index (κ3) is 3.66. The lowest BCUT2D eigenvalue weighted by Gasteiger charge is -2.16. The smallest absolute Gasteiger partial charge is 0.282 e. The number of hydrogen-bond donors (Lipinski definition) is 1. The summed E-state index contributed by atoms with van der Waals surface area (Å²) in [5.41, 5.74) is 6.15. The number of hydrogen-bond acceptors (Lipinski definition) is 3. The highest BCUT2D eigenvalue weighted by Crippen LogP contribution is 2.27. The van der Waals surface area contributed by atoms with E-state index in [1.807, 2.05) is 6.92 Å². The SMILES string of the molecule is CCC(CC[C@H]1COC(N)=N1)c1cc(F)cc(F)c1. The van der Waals surface area contributed by atoms with Gasteiger partial charge in [-0.1, -0.05) is 6.92 Å². The maximum Gasteiger partial charge on any atom is 0.282 e. The van der Waals surface area contributed by atoms with Crippen molar-refractivity contribution in [1.82, 2.24) is 0 Å². The fraction of sp³-hybridized carbons (Fsp3) is 0.500. The minimum Gasteiger partial charge on any atom is -0.463 e. The minimum atomic E-state index is -0.528. The van der Waals surface area contributed by atoms with E-state index in [1.54, 1.807) is 0 Å². The van der Waals surface area contributed by atoms with Crippen molar-refractivity contribution >= 4 is 6.02 Å². The van der Waals surface area contributed by atoms with Crippen molar-refractivity contribution in [2.75, 3.05) is 6.61 Å². The highest BCUT2D eigenvalue weighted by molar-refractivity contribution is 5.72. The minimum absolute atomic E-state index is 0.0625. The van der Waals surface area contributed by atoms with E-state index in [2.05, 4.69) is 4.99 Å². The van der Waals surface area contributed by atoms with Crippen LogP contribution in [0.4, 0.5) is 8.78 Å². The zero-order chi connectivity index (χ0) is 13.8. The van der Waals surface area contributed by atoms with Crippen LogP contribution in [0.5, 0.6) is 0 Å². The lowest BCUT2D eigenvalue weighted by Crippen LogP contribution is -2.10. The van der Waals surface area contributed by atoms with E-state index in [4.69, 9.17) is 10.5 Å². The number of aliphatic imine (C=N–C) groups is 1. The lowest BCUT2D eigenvalue weighted by atomic mass is 9.90. The van der Waals surface area contributed by atoms with E-state index in [-0.39, 0.29) is 18.0 Å². The molecule has 0 spiro atoms. The zero-order valence-corrected chi connectivity index (χ0v) is 10.9. The molecule has 104 valence electrons. The Morgan fingerprint density at radius 1 is 1.37 bits per heavy atom. The summed E-state index contributed by atoms with van der Waals surface area (Å²) in [6.45, 7) is 2.51. The van der Waals surface area contributed by atoms with Crippen LogP contribution in [0.15, 0.2) is 23.2 Å². The summed E-state index contributed by atoms with van der Waals surface area (Å²) in [5.74, 6) is -0.929. The number of amidine groups is 1. The van der Waals surface area contributed by atoms with E-state index < -0.39 is 11.6 Å². The molecule has 0 aromatic heterocycles. The molecule has 1 aliphatic heterocycles. The summed E-state index contributed by atoms with van der Waals surface area (Å²) >= 11 is 0. The van der Waals surface area contributed by atoms with Gasteiger partial charge in [0.25, 0.3) is 6.02 Å². The number of nitrogens with zero attached hydrogens (tertiary/aromatic N) is 1. The lowest BCUT2D eigenvalue weighted by molar-refractivity contribution is 0.303. The van der Waals surface area contributed by atoms with Crippen LogP contribution in [0.25, 0.3) is 0 Å². The predicted molar refractivity (Wildman–Crippen MR) is 70.0 cm³/mol. The van der Waals surface area contributed by atoms with Crippen molar-refractivity contribution in [1.29, 1.82) is 0 Å². The number of benzene rings is 1. The maximum absolute atomic E-state index is 13.2. The van der Waals surface area contributed by atoms with Gasteiger partial charge in [0.1, 0.15) is 18.2 Å². The van der Waals surface area contributed by atoms with Gasteiger partial charge in [0.15, 0.2) is 0 Å². The van der Waals surface area contributed by atoms with Gasteiger partial charge in [-0.3, -0.25) is 0 Å². The molecule has 2 atom stereocenters. The van der Waals surface area contributed by atoms with E-state index in [0.717, 1.165) is 25.3 Å². The van der Waals surface area contributed by atoms with Gasteiger partial charge in [0, 0.05) is 6.07 Å². The molecule has 0 amide bonds. The van der Waals surface area contributed by atoms with E-state index in [0.29, 0.717) is 12.2 Å². The van der Waals surface area contributed by atoms with Crippen LogP contribution in [-0.4, -0.2) is 18.7 Å². The fourth-order valence-corrected chi connectivity index (χ4v) is 2.39. The average molecular weight is 268 g/mol. The van der Waals surface area contributed by atoms with Crippen LogP contribution in [0.1, 0.15) is 37.7 Å². The highest BCUT2D eigenvalue weighted by Gasteiger charge is 2.19. The molecule has 5 heteroatoms. The van der Waals surface area contributed by atoms with Gasteiger partial charge in [0.2, 0.25) is 0 Å². The average Bonchev–Trinajstić information content (AvgIpc) is 2.75. The molecule has 0 fully saturated rings. The molecule has 0 bridgehead atoms. The quantitative estimate of drug-likeness (QED) is 0.892. The Morgan fingerprint density at radius 3 is 2.58 bits per heavy atom. The van der Waals surface area contributed by atoms with E-state index in [9.17, 15) is 8.78 Å². The Kier molecular flexibility index (Phi) is 4.35. The first kappa shape index (κ1) is 13.8. The number of rotatable bonds is 5. The highest BCUT2D eigenvalue weighted by atomic mass is 19.1. The molecule has 19 heavy (non-hydrogen) atoms. The van der Waals surface area contributed by atoms with Gasteiger partial charge in [-0.05, 0) is 42.9 Å². The fourth-order valence-electron chi connectivity index (χ4n) is 2.39. The van der Waals surface area contributed by atoms with Crippen LogP contribution in [0, 0.1) is 11.6 Å². The van der Waals surface area contributed by atoms with Crippen molar-refractivity contribution in [3.8, 4) is 0 Å². The van der Waals surface area contributed by atoms with Gasteiger partial charge >= 0.3 is 0 Å². The third-order valence-electron chi connectivity index (χ3n) is 3.43. The summed E-state index contributed by atoms with van der Waals surface area (Å²) in [7, 11) is 0. The molecule has 0 radical (unpaired) electrons. The van der Waals surface area contributed by atoms with Crippen LogP contribution in [0.3, 0.4) is 0 Å². The van der Waals surface area contributed by atoms with Crippen LogP contribution < -0.4 is 5.73 Å². The van der Waals surface area contributed by atoms with Gasteiger partial charge < -0.3 is 10.5 Å². The molecular weight excluding hydrogens is 250 g/mol. The summed E-state index contributed by atoms with van der Waals surface area (Å²) < 4.78 is 31.5. The van der Waals surface area contributed by atoms with Crippen LogP contribution in [-0.2, 0) is 4.74 Å². The Bertz CT molecular complexity index is 456. The van der Waals surface area contributed by atoms with Gasteiger partial charge in [-0.15, -0.1) is 0 Å². The monoisotopic (exact) mass is 268 g/mol. The predicted octanol–water partition coefficient (Wildman–Crippen LogP) is 2.95. The Morgan fingerprint density at radius 2 is 2.05 bits per heavy atom. The Balaban J connectivity index is 1.99. The molecule has 1 aromatic rings. The van der Waals surface area contributed by atoms with Crippen LogP contribution in [0.2, 0.25) is 0 Å².